The SMILES string of the molecule is CCC[C@H](CC(=O)[C@@H]1C[C@@H](Oc2cc(-c3ccccc3)nc3cc(OC)ccc23)C=C1C(=O)N[C@H](C(=O)N[C@H](C(=O)OC)C1CCCCC1)C(C)(C)C)C(=O)OC(C)(C)C. The van der Waals surface area contributed by atoms with E-state index in [4.69, 9.17) is 23.9 Å². The number of rotatable bonds is 16. The third-order valence-electron chi connectivity index (χ3n) is 11.3. The number of Topliss-reactive ketones (excluding diaryl/α,β-unsaturated/α-hetero) is 1. The van der Waals surface area contributed by atoms with Crippen LogP contribution in [0.1, 0.15) is 106 Å². The Morgan fingerprint density at radius 1 is 0.867 bits per heavy atom. The zero-order valence-corrected chi connectivity index (χ0v) is 36.7. The van der Waals surface area contributed by atoms with Crippen molar-refractivity contribution in [1.82, 2.24) is 15.6 Å². The van der Waals surface area contributed by atoms with Gasteiger partial charge >= 0.3 is 11.9 Å². The van der Waals surface area contributed by atoms with Crippen LogP contribution in [-0.2, 0) is 33.4 Å². The number of carbonyl (C=O) groups excluding carboxylic acids is 5. The number of amides is 2. The minimum Gasteiger partial charge on any atom is -0.497 e. The van der Waals surface area contributed by atoms with Crippen LogP contribution in [0, 0.1) is 23.2 Å². The van der Waals surface area contributed by atoms with Crippen LogP contribution >= 0.6 is 0 Å². The van der Waals surface area contributed by atoms with Gasteiger partial charge in [-0.1, -0.05) is 83.7 Å². The molecule has 12 heteroatoms. The summed E-state index contributed by atoms with van der Waals surface area (Å²) in [5, 5.41) is 6.58. The van der Waals surface area contributed by atoms with Crippen molar-refractivity contribution in [2.45, 2.75) is 130 Å². The molecule has 2 aromatic carbocycles. The molecule has 1 aromatic heterocycles. The second-order valence-corrected chi connectivity index (χ2v) is 18.2. The number of esters is 2. The summed E-state index contributed by atoms with van der Waals surface area (Å²) < 4.78 is 23.0. The lowest BCUT2D eigenvalue weighted by Crippen LogP contribution is -2.58. The van der Waals surface area contributed by atoms with E-state index in [2.05, 4.69) is 10.6 Å². The number of ether oxygens (including phenoxy) is 4. The number of hydrogen-bond acceptors (Lipinski definition) is 10. The van der Waals surface area contributed by atoms with Crippen LogP contribution in [0.4, 0.5) is 0 Å². The third kappa shape index (κ3) is 11.7. The number of pyridine rings is 1. The first-order valence-corrected chi connectivity index (χ1v) is 21.3. The van der Waals surface area contributed by atoms with E-state index in [1.165, 1.54) is 7.11 Å². The number of carbonyl (C=O) groups is 5. The first-order chi connectivity index (χ1) is 28.4. The molecule has 2 aliphatic carbocycles. The van der Waals surface area contributed by atoms with E-state index < -0.39 is 64.8 Å². The second-order valence-electron chi connectivity index (χ2n) is 18.2. The molecule has 0 unspecified atom stereocenters. The molecular weight excluding hydrogens is 763 g/mol. The monoisotopic (exact) mass is 825 g/mol. The highest BCUT2D eigenvalue weighted by atomic mass is 16.6. The summed E-state index contributed by atoms with van der Waals surface area (Å²) in [5.74, 6) is -3.05. The molecule has 0 spiro atoms. The molecule has 5 atom stereocenters. The Labute approximate surface area is 354 Å². The highest BCUT2D eigenvalue weighted by Gasteiger charge is 2.43. The summed E-state index contributed by atoms with van der Waals surface area (Å²) >= 11 is 0. The minimum absolute atomic E-state index is 0.0854. The zero-order valence-electron chi connectivity index (χ0n) is 36.7. The predicted octanol–water partition coefficient (Wildman–Crippen LogP) is 8.09. The number of ketones is 1. The Bertz CT molecular complexity index is 2040. The number of benzene rings is 2. The van der Waals surface area contributed by atoms with E-state index in [9.17, 15) is 24.0 Å². The molecule has 12 nitrogen and oxygen atoms in total. The van der Waals surface area contributed by atoms with Crippen LogP contribution in [0.3, 0.4) is 0 Å². The van der Waals surface area contributed by atoms with Gasteiger partial charge in [0.15, 0.2) is 0 Å². The number of nitrogens with zero attached hydrogens (tertiary/aromatic N) is 1. The minimum atomic E-state index is -1.08. The van der Waals surface area contributed by atoms with E-state index in [0.29, 0.717) is 40.9 Å². The maximum absolute atomic E-state index is 14.6. The molecule has 324 valence electrons. The smallest absolute Gasteiger partial charge is 0.328 e. The van der Waals surface area contributed by atoms with Gasteiger partial charge < -0.3 is 29.6 Å². The Hall–Kier alpha value is -5.26. The van der Waals surface area contributed by atoms with Gasteiger partial charge in [-0.05, 0) is 69.6 Å². The maximum Gasteiger partial charge on any atom is 0.328 e. The third-order valence-corrected chi connectivity index (χ3v) is 11.3. The molecule has 1 saturated carbocycles. The highest BCUT2D eigenvalue weighted by molar-refractivity contribution is 6.04. The fourth-order valence-electron chi connectivity index (χ4n) is 8.20. The van der Waals surface area contributed by atoms with E-state index >= 15 is 0 Å². The van der Waals surface area contributed by atoms with Gasteiger partial charge in [-0.15, -0.1) is 0 Å². The largest absolute Gasteiger partial charge is 0.497 e. The second kappa shape index (κ2) is 19.9. The van der Waals surface area contributed by atoms with E-state index in [1.807, 2.05) is 82.3 Å². The fourth-order valence-corrected chi connectivity index (χ4v) is 8.20. The van der Waals surface area contributed by atoms with Crippen molar-refractivity contribution in [2.75, 3.05) is 14.2 Å². The van der Waals surface area contributed by atoms with E-state index in [0.717, 1.165) is 37.7 Å². The van der Waals surface area contributed by atoms with Gasteiger partial charge in [-0.2, -0.15) is 0 Å². The molecule has 0 radical (unpaired) electrons. The maximum atomic E-state index is 14.6. The molecule has 2 N–H and O–H groups in total. The Morgan fingerprint density at radius 3 is 2.18 bits per heavy atom. The molecule has 1 fully saturated rings. The van der Waals surface area contributed by atoms with Gasteiger partial charge in [-0.25, -0.2) is 9.78 Å². The van der Waals surface area contributed by atoms with E-state index in [1.54, 1.807) is 34.0 Å². The van der Waals surface area contributed by atoms with Crippen molar-refractivity contribution in [3.8, 4) is 22.8 Å². The van der Waals surface area contributed by atoms with E-state index in [-0.39, 0.29) is 30.1 Å². The molecule has 0 aliphatic heterocycles. The Balaban J connectivity index is 1.50. The molecule has 2 amide bonds. The van der Waals surface area contributed by atoms with Gasteiger partial charge in [0.2, 0.25) is 11.8 Å². The fraction of sp³-hybridized carbons (Fsp3) is 0.542. The lowest BCUT2D eigenvalue weighted by molar-refractivity contribution is -0.161. The lowest BCUT2D eigenvalue weighted by Gasteiger charge is -2.34. The van der Waals surface area contributed by atoms with Crippen molar-refractivity contribution in [3.05, 3.63) is 66.2 Å². The summed E-state index contributed by atoms with van der Waals surface area (Å²) in [5.41, 5.74) is 0.773. The predicted molar refractivity (Wildman–Crippen MR) is 230 cm³/mol. The van der Waals surface area contributed by atoms with Crippen molar-refractivity contribution in [1.29, 1.82) is 0 Å². The average Bonchev–Trinajstić information content (AvgIpc) is 3.64. The molecule has 0 bridgehead atoms. The van der Waals surface area contributed by atoms with Gasteiger partial charge in [-0.3, -0.25) is 19.2 Å². The van der Waals surface area contributed by atoms with Crippen molar-refractivity contribution in [3.63, 3.8) is 0 Å². The van der Waals surface area contributed by atoms with Crippen molar-refractivity contribution >= 4 is 40.4 Å². The number of fused-ring (bicyclic) bond motifs is 1. The van der Waals surface area contributed by atoms with Crippen LogP contribution < -0.4 is 20.1 Å². The molecule has 5 rings (SSSR count). The highest BCUT2D eigenvalue weighted by Crippen LogP contribution is 2.38. The zero-order chi connectivity index (χ0) is 43.8. The molecule has 0 saturated heterocycles. The number of nitrogens with one attached hydrogen (secondary N) is 2. The van der Waals surface area contributed by atoms with Gasteiger partial charge in [0.05, 0.1) is 37.3 Å². The van der Waals surface area contributed by atoms with Crippen molar-refractivity contribution in [2.24, 2.45) is 23.2 Å². The average molecular weight is 826 g/mol. The Morgan fingerprint density at radius 2 is 1.57 bits per heavy atom. The number of methoxy groups -OCH3 is 2. The van der Waals surface area contributed by atoms with Crippen LogP contribution in [0.2, 0.25) is 0 Å². The van der Waals surface area contributed by atoms with Gasteiger partial charge in [0, 0.05) is 41.5 Å². The summed E-state index contributed by atoms with van der Waals surface area (Å²) in [7, 11) is 2.89. The van der Waals surface area contributed by atoms with Crippen LogP contribution in [-0.4, -0.2) is 72.5 Å². The summed E-state index contributed by atoms with van der Waals surface area (Å²) in [4.78, 5) is 74.4. The normalized spacial score (nSPS) is 18.7. The summed E-state index contributed by atoms with van der Waals surface area (Å²) in [6, 6.07) is 15.1. The topological polar surface area (TPSA) is 159 Å². The summed E-state index contributed by atoms with van der Waals surface area (Å²) in [6.45, 7) is 12.8. The molecule has 3 aromatic rings. The van der Waals surface area contributed by atoms with Crippen LogP contribution in [0.5, 0.6) is 11.5 Å². The molecule has 60 heavy (non-hydrogen) atoms. The molecule has 1 heterocycles. The number of hydrogen-bond donors (Lipinski definition) is 2. The molecule has 2 aliphatic rings. The Kier molecular flexibility index (Phi) is 15.2. The van der Waals surface area contributed by atoms with Crippen LogP contribution in [0.15, 0.2) is 66.2 Å². The lowest BCUT2D eigenvalue weighted by atomic mass is 9.82. The summed E-state index contributed by atoms with van der Waals surface area (Å²) in [6.07, 6.45) is 6.50. The quantitative estimate of drug-likeness (QED) is 0.135. The standard InChI is InChI=1S/C48H63N3O9/c1-10-17-31(45(55)60-48(5,6)7)24-39(52)35-25-33(59-40-28-37(29-18-13-11-14-19-29)49-38-27-32(57-8)22-23-34(38)40)26-36(35)43(53)51-42(47(2,3)4)44(54)50-41(46(56)58-9)30-20-15-12-16-21-30/h11,13-14,18-19,22-23,26-28,30-31,33,35,41-42H,10,12,15-17,20-21,24-25H2,1-9H3,(H,50,54)(H,51,53)/t31-,33-,35-,41+,42-/m1/s1. The number of aromatic nitrogens is 1. The first-order valence-electron chi connectivity index (χ1n) is 21.3. The van der Waals surface area contributed by atoms with Gasteiger partial charge in [0.25, 0.3) is 0 Å². The van der Waals surface area contributed by atoms with Crippen LogP contribution in [0.25, 0.3) is 22.2 Å². The van der Waals surface area contributed by atoms with Crippen molar-refractivity contribution < 1.29 is 42.9 Å². The molecular formula is C48H63N3O9. The van der Waals surface area contributed by atoms with Gasteiger partial charge in [0.1, 0.15) is 41.1 Å². The first kappa shape index (κ1) is 45.8.